The van der Waals surface area contributed by atoms with Crippen LogP contribution >= 0.6 is 7.82 Å². The van der Waals surface area contributed by atoms with Crippen LogP contribution < -0.4 is 11.2 Å². The molecule has 11 heteroatoms. The van der Waals surface area contributed by atoms with E-state index in [4.69, 9.17) is 18.5 Å². The van der Waals surface area contributed by atoms with E-state index in [9.17, 15) is 19.0 Å². The first-order valence-electron chi connectivity index (χ1n) is 19.3. The fraction of sp³-hybridized carbons (Fsp3) is 0.795. The predicted octanol–water partition coefficient (Wildman–Crippen LogP) is 7.86. The highest BCUT2D eigenvalue weighted by molar-refractivity contribution is 7.47. The average Bonchev–Trinajstić information content (AvgIpc) is 3.68. The maximum absolute atomic E-state index is 12.6. The number of aromatic nitrogens is 2. The quantitative estimate of drug-likeness (QED) is 0.113. The number of fused-ring (bicyclic) bond motifs is 5. The van der Waals surface area contributed by atoms with Crippen LogP contribution in [-0.4, -0.2) is 46.5 Å². The molecule has 1 aliphatic heterocycles. The molecule has 50 heavy (non-hydrogen) atoms. The Labute approximate surface area is 298 Å². The standard InChI is InChI=1S/C39H61N2O8P/c1-25(2)8-7-9-26(3)32-13-14-33-31-12-10-28-22-29(16-18-38(28,5)34(31)17-19-39(32,33)6)46-20-21-47-50(44,45)48-24-30-11-15-35(49-30)41-23-27(4)36(42)40-37(41)43/h10-11,15,23,25-26,29-35H,7-9,12-14,16-22,24H2,1-6H3,(H,44,45)(H,40,42,43)/t26-,29+,30+,31+,32-,33+,34+,35-,38+,39-/m1/s1. The van der Waals surface area contributed by atoms with Crippen LogP contribution in [0.15, 0.2) is 39.6 Å². The minimum absolute atomic E-state index is 0.0569. The molecule has 10 nitrogen and oxygen atoms in total. The minimum atomic E-state index is -4.34. The third-order valence-electron chi connectivity index (χ3n) is 13.6. The number of nitrogens with one attached hydrogen (secondary N) is 1. The highest BCUT2D eigenvalue weighted by atomic mass is 31.2. The van der Waals surface area contributed by atoms with Gasteiger partial charge in [0.05, 0.1) is 25.9 Å². The summed E-state index contributed by atoms with van der Waals surface area (Å²) in [4.78, 5) is 36.3. The van der Waals surface area contributed by atoms with Crippen molar-refractivity contribution in [1.29, 1.82) is 0 Å². The number of allylic oxidation sites excluding steroid dienone is 1. The van der Waals surface area contributed by atoms with E-state index in [2.05, 4.69) is 45.7 Å². The van der Waals surface area contributed by atoms with Gasteiger partial charge in [0.2, 0.25) is 0 Å². The van der Waals surface area contributed by atoms with Crippen molar-refractivity contribution in [3.05, 3.63) is 56.4 Å². The molecule has 1 aromatic rings. The first kappa shape index (κ1) is 37.9. The third kappa shape index (κ3) is 7.91. The van der Waals surface area contributed by atoms with Gasteiger partial charge in [0.1, 0.15) is 6.10 Å². The Bertz CT molecular complexity index is 1580. The Hall–Kier alpha value is -1.81. The summed E-state index contributed by atoms with van der Waals surface area (Å²) in [5.74, 6) is 4.90. The van der Waals surface area contributed by atoms with Gasteiger partial charge in [-0.1, -0.05) is 71.6 Å². The highest BCUT2D eigenvalue weighted by Crippen LogP contribution is 2.67. The molecule has 2 N–H and O–H groups in total. The summed E-state index contributed by atoms with van der Waals surface area (Å²) in [7, 11) is -4.34. The molecule has 4 aliphatic carbocycles. The Balaban J connectivity index is 0.941. The van der Waals surface area contributed by atoms with E-state index in [0.29, 0.717) is 11.0 Å². The number of nitrogens with zero attached hydrogens (tertiary/aromatic N) is 1. The highest BCUT2D eigenvalue weighted by Gasteiger charge is 2.59. The monoisotopic (exact) mass is 716 g/mol. The van der Waals surface area contributed by atoms with Crippen LogP contribution in [0.3, 0.4) is 0 Å². The van der Waals surface area contributed by atoms with E-state index >= 15 is 0 Å². The van der Waals surface area contributed by atoms with Crippen LogP contribution in [0.4, 0.5) is 0 Å². The van der Waals surface area contributed by atoms with Gasteiger partial charge in [-0.05, 0) is 111 Å². The summed E-state index contributed by atoms with van der Waals surface area (Å²) in [6, 6.07) is 0. The molecule has 6 rings (SSSR count). The number of ether oxygens (including phenoxy) is 2. The van der Waals surface area contributed by atoms with Crippen LogP contribution in [-0.2, 0) is 23.1 Å². The van der Waals surface area contributed by atoms with Crippen molar-refractivity contribution >= 4 is 7.82 Å². The number of aryl methyl sites for hydroxylation is 1. The second-order valence-corrected chi connectivity index (χ2v) is 18.5. The Morgan fingerprint density at radius 2 is 1.84 bits per heavy atom. The van der Waals surface area contributed by atoms with Crippen molar-refractivity contribution in [1.82, 2.24) is 9.55 Å². The van der Waals surface area contributed by atoms with Gasteiger partial charge in [-0.15, -0.1) is 0 Å². The van der Waals surface area contributed by atoms with Crippen LogP contribution in [0.2, 0.25) is 0 Å². The van der Waals surface area contributed by atoms with Crippen LogP contribution in [0.5, 0.6) is 0 Å². The van der Waals surface area contributed by atoms with Gasteiger partial charge in [-0.25, -0.2) is 9.36 Å². The topological polar surface area (TPSA) is 129 Å². The first-order valence-corrected chi connectivity index (χ1v) is 20.8. The molecule has 0 amide bonds. The van der Waals surface area contributed by atoms with E-state index in [0.717, 1.165) is 54.8 Å². The van der Waals surface area contributed by atoms with E-state index in [1.54, 1.807) is 24.6 Å². The maximum Gasteiger partial charge on any atom is 0.472 e. The van der Waals surface area contributed by atoms with E-state index in [1.807, 2.05) is 0 Å². The lowest BCUT2D eigenvalue weighted by molar-refractivity contribution is -0.0659. The molecule has 1 unspecified atom stereocenters. The van der Waals surface area contributed by atoms with E-state index in [1.165, 1.54) is 62.1 Å². The Morgan fingerprint density at radius 3 is 2.62 bits per heavy atom. The zero-order valence-electron chi connectivity index (χ0n) is 31.1. The molecule has 3 saturated carbocycles. The Kier molecular flexibility index (Phi) is 11.6. The second-order valence-electron chi connectivity index (χ2n) is 17.1. The third-order valence-corrected chi connectivity index (χ3v) is 14.6. The van der Waals surface area contributed by atoms with Crippen molar-refractivity contribution in [2.45, 2.75) is 131 Å². The fourth-order valence-electron chi connectivity index (χ4n) is 10.9. The molecule has 5 aliphatic rings. The Morgan fingerprint density at radius 1 is 1.04 bits per heavy atom. The minimum Gasteiger partial charge on any atom is -0.375 e. The van der Waals surface area contributed by atoms with Crippen molar-refractivity contribution in [2.24, 2.45) is 46.3 Å². The molecule has 0 aromatic carbocycles. The first-order chi connectivity index (χ1) is 23.7. The lowest BCUT2D eigenvalue weighted by Gasteiger charge is -2.58. The number of H-pyrrole nitrogens is 1. The van der Waals surface area contributed by atoms with Crippen molar-refractivity contribution in [3.8, 4) is 0 Å². The molecular weight excluding hydrogens is 655 g/mol. The maximum atomic E-state index is 12.6. The number of hydrogen-bond donors (Lipinski definition) is 2. The van der Waals surface area contributed by atoms with Gasteiger partial charge in [-0.2, -0.15) is 0 Å². The second kappa shape index (κ2) is 15.3. The summed E-state index contributed by atoms with van der Waals surface area (Å²) in [6.45, 7) is 13.9. The van der Waals surface area contributed by atoms with Gasteiger partial charge in [0.25, 0.3) is 5.56 Å². The number of rotatable bonds is 14. The molecule has 2 heterocycles. The summed E-state index contributed by atoms with van der Waals surface area (Å²) in [5, 5.41) is 0. The van der Waals surface area contributed by atoms with Crippen molar-refractivity contribution in [2.75, 3.05) is 19.8 Å². The van der Waals surface area contributed by atoms with Gasteiger partial charge >= 0.3 is 13.5 Å². The fourth-order valence-corrected chi connectivity index (χ4v) is 11.6. The molecule has 1 aromatic heterocycles. The summed E-state index contributed by atoms with van der Waals surface area (Å²) >= 11 is 0. The molecule has 0 spiro atoms. The molecular formula is C39H61N2O8P. The molecule has 0 saturated heterocycles. The van der Waals surface area contributed by atoms with Gasteiger partial charge in [-0.3, -0.25) is 23.4 Å². The summed E-state index contributed by atoms with van der Waals surface area (Å²) in [5.41, 5.74) is 1.61. The molecule has 0 bridgehead atoms. The number of phosphoric ester groups is 1. The molecule has 3 fully saturated rings. The normalized spacial score (nSPS) is 36.8. The predicted molar refractivity (Wildman–Crippen MR) is 194 cm³/mol. The van der Waals surface area contributed by atoms with Gasteiger partial charge in [0, 0.05) is 11.8 Å². The lowest BCUT2D eigenvalue weighted by atomic mass is 9.47. The van der Waals surface area contributed by atoms with E-state index < -0.39 is 31.4 Å². The zero-order valence-corrected chi connectivity index (χ0v) is 32.0. The van der Waals surface area contributed by atoms with Crippen molar-refractivity contribution < 1.29 is 28.0 Å². The lowest BCUT2D eigenvalue weighted by Crippen LogP contribution is -2.51. The summed E-state index contributed by atoms with van der Waals surface area (Å²) < 4.78 is 36.2. The smallest absolute Gasteiger partial charge is 0.375 e. The largest absolute Gasteiger partial charge is 0.472 e. The average molecular weight is 717 g/mol. The number of aromatic amines is 1. The molecule has 0 radical (unpaired) electrons. The van der Waals surface area contributed by atoms with Crippen LogP contribution in [0, 0.1) is 53.3 Å². The van der Waals surface area contributed by atoms with Gasteiger partial charge < -0.3 is 14.4 Å². The number of phosphoric acid groups is 1. The van der Waals surface area contributed by atoms with Crippen LogP contribution in [0.1, 0.15) is 117 Å². The van der Waals surface area contributed by atoms with Crippen LogP contribution in [0.25, 0.3) is 0 Å². The van der Waals surface area contributed by atoms with Crippen molar-refractivity contribution in [3.63, 3.8) is 0 Å². The van der Waals surface area contributed by atoms with E-state index in [-0.39, 0.29) is 31.3 Å². The number of hydrogen-bond acceptors (Lipinski definition) is 7. The molecule has 280 valence electrons. The SMILES string of the molecule is Cc1cn([C@H]2C=C[C@@H](COP(=O)(O)OCCO[C@H]3CC[C@@]4(C)C(=CC[C@H]5[C@@H]6CC[C@H]([C@H](C)CCCC(C)C)[C@@]6(C)CC[C@@H]54)C3)O2)c(=O)[nH]c1=O. The van der Waals surface area contributed by atoms with Gasteiger partial charge in [0.15, 0.2) is 6.23 Å². The molecule has 11 atom stereocenters. The zero-order chi connectivity index (χ0) is 35.8. The summed E-state index contributed by atoms with van der Waals surface area (Å²) in [6.07, 6.45) is 19.8.